The maximum absolute atomic E-state index is 13.1. The van der Waals surface area contributed by atoms with Crippen LogP contribution in [0.4, 0.5) is 0 Å². The number of ether oxygens (including phenoxy) is 2. The summed E-state index contributed by atoms with van der Waals surface area (Å²) in [6, 6.07) is 12.1. The number of hydrogen-bond donors (Lipinski definition) is 2. The molecule has 56 heavy (non-hydrogen) atoms. The Labute approximate surface area is 330 Å². The van der Waals surface area contributed by atoms with Gasteiger partial charge in [0.05, 0.1) is 5.56 Å². The summed E-state index contributed by atoms with van der Waals surface area (Å²) in [4.78, 5) is 38.1. The highest BCUT2D eigenvalue weighted by Gasteiger charge is 2.32. The summed E-state index contributed by atoms with van der Waals surface area (Å²) in [5.74, 6) is 2.25. The number of fused-ring (bicyclic) bond motifs is 6. The third-order valence-corrected chi connectivity index (χ3v) is 13.9. The number of carbonyl (C=O) groups is 3. The van der Waals surface area contributed by atoms with Gasteiger partial charge in [0.2, 0.25) is 5.91 Å². The maximum atomic E-state index is 13.1. The molecule has 2 aromatic carbocycles. The molecule has 0 radical (unpaired) electrons. The predicted molar refractivity (Wildman–Crippen MR) is 218 cm³/mol. The van der Waals surface area contributed by atoms with E-state index < -0.39 is 5.97 Å². The summed E-state index contributed by atoms with van der Waals surface area (Å²) in [6.07, 6.45) is 15.0. The van der Waals surface area contributed by atoms with Gasteiger partial charge in [0.1, 0.15) is 0 Å². The third kappa shape index (κ3) is 8.15. The number of aromatic carboxylic acids is 1. The van der Waals surface area contributed by atoms with Gasteiger partial charge in [-0.05, 0) is 155 Å². The number of rotatable bonds is 9. The van der Waals surface area contributed by atoms with Crippen LogP contribution in [0.2, 0.25) is 0 Å². The monoisotopic (exact) mass is 764 g/mol. The summed E-state index contributed by atoms with van der Waals surface area (Å²) < 4.78 is 15.7. The Balaban J connectivity index is 0.000000168. The van der Waals surface area contributed by atoms with Gasteiger partial charge in [0.15, 0.2) is 0 Å². The zero-order chi connectivity index (χ0) is 38.9. The lowest BCUT2D eigenvalue weighted by molar-refractivity contribution is -0.121. The van der Waals surface area contributed by atoms with Crippen molar-refractivity contribution in [1.82, 2.24) is 19.4 Å². The third-order valence-electron chi connectivity index (χ3n) is 13.9. The fraction of sp³-hybridized carbons (Fsp3) is 0.587. The number of carboxylic acid groups (broad SMARTS) is 1. The number of carboxylic acids is 1. The molecule has 10 heteroatoms. The van der Waals surface area contributed by atoms with Crippen molar-refractivity contribution in [2.75, 3.05) is 40.0 Å². The standard InChI is InChI=1S/C27H37N3O3.C19H23NO3/c1-29(13-3-4-26(31)28-21-7-8-21)27(32)20-6-10-25-23(17-20)22-16-19(5-9-24(22)30(25)2)18-11-14-33-15-12-18;1-20-17-4-2-13(12-6-8-23-9-7-12)10-15(17)16-11-14(19(21)22)3-5-18(16)20/h6,10,17-19,21H,3-5,7-9,11-16H2,1-2H3,(H,28,31);3,5,11-13H,2,4,6-10H2,1H3,(H,21,22). The van der Waals surface area contributed by atoms with E-state index >= 15 is 0 Å². The normalized spacial score (nSPS) is 21.6. The van der Waals surface area contributed by atoms with Gasteiger partial charge < -0.3 is 33.9 Å². The van der Waals surface area contributed by atoms with Crippen molar-refractivity contribution in [1.29, 1.82) is 0 Å². The predicted octanol–water partition coefficient (Wildman–Crippen LogP) is 7.25. The summed E-state index contributed by atoms with van der Waals surface area (Å²) >= 11 is 0. The Bertz CT molecular complexity index is 2080. The van der Waals surface area contributed by atoms with Crippen LogP contribution in [-0.4, -0.2) is 83.0 Å². The topological polar surface area (TPSA) is 115 Å². The van der Waals surface area contributed by atoms with Crippen LogP contribution in [0.1, 0.15) is 107 Å². The fourth-order valence-corrected chi connectivity index (χ4v) is 10.4. The van der Waals surface area contributed by atoms with Crippen LogP contribution in [0.5, 0.6) is 0 Å². The minimum absolute atomic E-state index is 0.0360. The van der Waals surface area contributed by atoms with Gasteiger partial charge in [-0.25, -0.2) is 4.79 Å². The zero-order valence-corrected chi connectivity index (χ0v) is 33.6. The molecule has 3 fully saturated rings. The second kappa shape index (κ2) is 16.8. The zero-order valence-electron chi connectivity index (χ0n) is 33.6. The smallest absolute Gasteiger partial charge is 0.335 e. The Morgan fingerprint density at radius 3 is 1.71 bits per heavy atom. The minimum atomic E-state index is -0.846. The first-order valence-corrected chi connectivity index (χ1v) is 21.3. The van der Waals surface area contributed by atoms with Gasteiger partial charge >= 0.3 is 5.97 Å². The van der Waals surface area contributed by atoms with Crippen molar-refractivity contribution in [2.45, 2.75) is 95.9 Å². The molecule has 9 rings (SSSR count). The van der Waals surface area contributed by atoms with Crippen LogP contribution in [0.3, 0.4) is 0 Å². The highest BCUT2D eigenvalue weighted by Crippen LogP contribution is 2.41. The van der Waals surface area contributed by atoms with Gasteiger partial charge in [-0.1, -0.05) is 0 Å². The molecule has 2 aliphatic heterocycles. The Hall–Kier alpha value is -4.15. The molecule has 2 saturated heterocycles. The highest BCUT2D eigenvalue weighted by atomic mass is 16.5. The van der Waals surface area contributed by atoms with Crippen molar-refractivity contribution >= 4 is 39.6 Å². The molecule has 2 unspecified atom stereocenters. The number of hydrogen-bond acceptors (Lipinski definition) is 5. The van der Waals surface area contributed by atoms with Gasteiger partial charge in [-0.15, -0.1) is 0 Å². The average molecular weight is 765 g/mol. The van der Waals surface area contributed by atoms with Gasteiger partial charge in [-0.3, -0.25) is 9.59 Å². The number of nitrogens with zero attached hydrogens (tertiary/aromatic N) is 3. The number of aryl methyl sites for hydroxylation is 2. The van der Waals surface area contributed by atoms with Crippen LogP contribution >= 0.6 is 0 Å². The average Bonchev–Trinajstić information content (AvgIpc) is 3.95. The molecule has 0 spiro atoms. The number of carbonyl (C=O) groups excluding carboxylic acids is 2. The van der Waals surface area contributed by atoms with Crippen LogP contribution < -0.4 is 5.32 Å². The molecule has 4 aromatic rings. The lowest BCUT2D eigenvalue weighted by Gasteiger charge is -2.33. The van der Waals surface area contributed by atoms with Crippen LogP contribution in [0.25, 0.3) is 21.8 Å². The largest absolute Gasteiger partial charge is 0.478 e. The SMILES string of the molecule is CN(CCCC(=O)NC1CC1)C(=O)c1ccc2c(c1)c1c(n2C)CCC(C2CCOCC2)C1.Cn1c2c(c3cc(C(=O)O)ccc31)CC(C1CCOCC1)CC2. The quantitative estimate of drug-likeness (QED) is 0.186. The van der Waals surface area contributed by atoms with Crippen molar-refractivity contribution < 1.29 is 29.0 Å². The summed E-state index contributed by atoms with van der Waals surface area (Å²) in [5, 5.41) is 14.7. The van der Waals surface area contributed by atoms with E-state index in [9.17, 15) is 19.5 Å². The van der Waals surface area contributed by atoms with Gasteiger partial charge in [0.25, 0.3) is 5.91 Å². The molecule has 1 saturated carbocycles. The first-order chi connectivity index (χ1) is 27.2. The van der Waals surface area contributed by atoms with Crippen molar-refractivity contribution in [3.63, 3.8) is 0 Å². The van der Waals surface area contributed by atoms with Gasteiger partial charge in [0, 0.05) is 105 Å². The maximum Gasteiger partial charge on any atom is 0.335 e. The molecule has 2 N–H and O–H groups in total. The number of amides is 2. The molecule has 0 bridgehead atoms. The molecule has 10 nitrogen and oxygen atoms in total. The van der Waals surface area contributed by atoms with Crippen molar-refractivity contribution in [3.05, 3.63) is 70.0 Å². The number of aromatic nitrogens is 2. The Morgan fingerprint density at radius 1 is 0.714 bits per heavy atom. The van der Waals surface area contributed by atoms with Crippen LogP contribution in [-0.2, 0) is 54.0 Å². The fourth-order valence-electron chi connectivity index (χ4n) is 10.4. The Kier molecular flexibility index (Phi) is 11.6. The minimum Gasteiger partial charge on any atom is -0.478 e. The lowest BCUT2D eigenvalue weighted by Crippen LogP contribution is -2.30. The molecule has 300 valence electrons. The van der Waals surface area contributed by atoms with E-state index in [-0.39, 0.29) is 11.8 Å². The van der Waals surface area contributed by atoms with E-state index in [1.807, 2.05) is 25.2 Å². The van der Waals surface area contributed by atoms with Crippen LogP contribution in [0.15, 0.2) is 36.4 Å². The van der Waals surface area contributed by atoms with Gasteiger partial charge in [-0.2, -0.15) is 0 Å². The van der Waals surface area contributed by atoms with E-state index in [1.165, 1.54) is 71.9 Å². The number of benzene rings is 2. The highest BCUT2D eigenvalue weighted by molar-refractivity contribution is 5.99. The molecule has 5 aliphatic rings. The molecule has 3 aliphatic carbocycles. The number of nitrogens with one attached hydrogen (secondary N) is 1. The first-order valence-electron chi connectivity index (χ1n) is 21.3. The summed E-state index contributed by atoms with van der Waals surface area (Å²) in [7, 11) is 6.11. The van der Waals surface area contributed by atoms with Crippen LogP contribution in [0, 0.1) is 23.7 Å². The van der Waals surface area contributed by atoms with E-state index in [0.717, 1.165) is 99.2 Å². The molecule has 4 heterocycles. The van der Waals surface area contributed by atoms with E-state index in [2.05, 4.69) is 40.7 Å². The second-order valence-corrected chi connectivity index (χ2v) is 17.3. The molecule has 2 amide bonds. The lowest BCUT2D eigenvalue weighted by atomic mass is 9.75. The van der Waals surface area contributed by atoms with E-state index in [0.29, 0.717) is 36.9 Å². The summed E-state index contributed by atoms with van der Waals surface area (Å²) in [6.45, 7) is 4.18. The summed E-state index contributed by atoms with van der Waals surface area (Å²) in [5.41, 5.74) is 9.18. The molecular formula is C46H60N4O6. The second-order valence-electron chi connectivity index (χ2n) is 17.3. The van der Waals surface area contributed by atoms with Crippen molar-refractivity contribution in [3.8, 4) is 0 Å². The first kappa shape index (κ1) is 38.7. The van der Waals surface area contributed by atoms with E-state index in [4.69, 9.17) is 9.47 Å². The van der Waals surface area contributed by atoms with Crippen molar-refractivity contribution in [2.24, 2.45) is 37.8 Å². The molecule has 2 aromatic heterocycles. The van der Waals surface area contributed by atoms with E-state index in [1.54, 1.807) is 11.0 Å². The molecule has 2 atom stereocenters. The Morgan fingerprint density at radius 2 is 1.21 bits per heavy atom. The molecular weight excluding hydrogens is 705 g/mol.